The topological polar surface area (TPSA) is 70.4 Å². The molecule has 0 amide bonds. The SMILES string of the molecule is CCN1CCCC1CNC(=NCc1nnc(C)n1C)NCCSC(C)(C)C.I. The van der Waals surface area contributed by atoms with Crippen LogP contribution in [0.3, 0.4) is 0 Å². The average molecular weight is 524 g/mol. The highest BCUT2D eigenvalue weighted by atomic mass is 127. The summed E-state index contributed by atoms with van der Waals surface area (Å²) < 4.78 is 2.28. The molecular formula is C19H38IN7S. The molecule has 0 radical (unpaired) electrons. The van der Waals surface area contributed by atoms with E-state index in [-0.39, 0.29) is 28.7 Å². The third kappa shape index (κ3) is 8.44. The van der Waals surface area contributed by atoms with Gasteiger partial charge in [0.05, 0.1) is 0 Å². The van der Waals surface area contributed by atoms with Gasteiger partial charge in [0.25, 0.3) is 0 Å². The Kier molecular flexibility index (Phi) is 11.1. The molecule has 0 aliphatic carbocycles. The lowest BCUT2D eigenvalue weighted by atomic mass is 10.2. The number of nitrogens with zero attached hydrogens (tertiary/aromatic N) is 5. The number of guanidine groups is 1. The molecule has 0 bridgehead atoms. The highest BCUT2D eigenvalue weighted by Crippen LogP contribution is 2.22. The summed E-state index contributed by atoms with van der Waals surface area (Å²) in [5.41, 5.74) is 0. The fraction of sp³-hybridized carbons (Fsp3) is 0.842. The van der Waals surface area contributed by atoms with E-state index in [9.17, 15) is 0 Å². The van der Waals surface area contributed by atoms with E-state index in [0.717, 1.165) is 43.0 Å². The molecular weight excluding hydrogens is 485 g/mol. The lowest BCUT2D eigenvalue weighted by Gasteiger charge is -2.24. The first-order valence-electron chi connectivity index (χ1n) is 10.0. The van der Waals surface area contributed by atoms with Crippen LogP contribution in [0.25, 0.3) is 0 Å². The van der Waals surface area contributed by atoms with Crippen LogP contribution in [-0.4, -0.2) is 68.3 Å². The Morgan fingerprint density at radius 1 is 1.29 bits per heavy atom. The van der Waals surface area contributed by atoms with Gasteiger partial charge in [-0.25, -0.2) is 4.99 Å². The van der Waals surface area contributed by atoms with Gasteiger partial charge in [-0.15, -0.1) is 34.2 Å². The van der Waals surface area contributed by atoms with Crippen molar-refractivity contribution in [1.29, 1.82) is 0 Å². The van der Waals surface area contributed by atoms with Crippen molar-refractivity contribution in [2.75, 3.05) is 31.9 Å². The van der Waals surface area contributed by atoms with E-state index in [0.29, 0.717) is 12.6 Å². The van der Waals surface area contributed by atoms with Crippen molar-refractivity contribution in [3.63, 3.8) is 0 Å². The second-order valence-electron chi connectivity index (χ2n) is 8.08. The van der Waals surface area contributed by atoms with Gasteiger partial charge in [-0.3, -0.25) is 4.90 Å². The molecule has 9 heteroatoms. The summed E-state index contributed by atoms with van der Waals surface area (Å²) in [7, 11) is 1.98. The fourth-order valence-corrected chi connectivity index (χ4v) is 4.01. The maximum absolute atomic E-state index is 4.76. The minimum absolute atomic E-state index is 0. The summed E-state index contributed by atoms with van der Waals surface area (Å²) in [4.78, 5) is 7.30. The van der Waals surface area contributed by atoms with Gasteiger partial charge >= 0.3 is 0 Å². The van der Waals surface area contributed by atoms with Crippen molar-refractivity contribution in [2.45, 2.75) is 64.8 Å². The molecule has 1 aromatic rings. The van der Waals surface area contributed by atoms with Crippen molar-refractivity contribution >= 4 is 41.7 Å². The standard InChI is InChI=1S/C19H37N7S.HI/c1-7-26-11-8-9-16(26)13-21-18(20-10-12-27-19(3,4)5)22-14-17-24-23-15(2)25(17)6;/h16H,7-14H2,1-6H3,(H2,20,21,22);1H. The summed E-state index contributed by atoms with van der Waals surface area (Å²) in [5.74, 6) is 3.72. The van der Waals surface area contributed by atoms with Gasteiger partial charge in [-0.2, -0.15) is 11.8 Å². The van der Waals surface area contributed by atoms with Gasteiger partial charge in [0.15, 0.2) is 11.8 Å². The smallest absolute Gasteiger partial charge is 0.191 e. The minimum atomic E-state index is 0. The van der Waals surface area contributed by atoms with E-state index >= 15 is 0 Å². The highest BCUT2D eigenvalue weighted by molar-refractivity contribution is 14.0. The van der Waals surface area contributed by atoms with Crippen molar-refractivity contribution in [2.24, 2.45) is 12.0 Å². The number of likely N-dealkylation sites (tertiary alicyclic amines) is 1. The second kappa shape index (κ2) is 12.2. The van der Waals surface area contributed by atoms with E-state index in [2.05, 4.69) is 53.4 Å². The van der Waals surface area contributed by atoms with Crippen LogP contribution in [0.15, 0.2) is 4.99 Å². The van der Waals surface area contributed by atoms with Crippen LogP contribution < -0.4 is 10.6 Å². The van der Waals surface area contributed by atoms with Crippen LogP contribution in [0.2, 0.25) is 0 Å². The monoisotopic (exact) mass is 523 g/mol. The molecule has 2 heterocycles. The molecule has 1 atom stereocenters. The van der Waals surface area contributed by atoms with Gasteiger partial charge in [-0.1, -0.05) is 27.7 Å². The molecule has 0 saturated carbocycles. The number of nitrogens with one attached hydrogen (secondary N) is 2. The molecule has 1 saturated heterocycles. The number of aromatic nitrogens is 3. The third-order valence-electron chi connectivity index (χ3n) is 4.90. The summed E-state index contributed by atoms with van der Waals surface area (Å²) in [6, 6.07) is 0.600. The number of likely N-dealkylation sites (N-methyl/N-ethyl adjacent to an activating group) is 1. The van der Waals surface area contributed by atoms with Gasteiger partial charge in [-0.05, 0) is 32.9 Å². The zero-order valence-electron chi connectivity index (χ0n) is 18.3. The van der Waals surface area contributed by atoms with Gasteiger partial charge in [0, 0.05) is 36.7 Å². The van der Waals surface area contributed by atoms with Gasteiger partial charge < -0.3 is 15.2 Å². The predicted octanol–water partition coefficient (Wildman–Crippen LogP) is 2.79. The minimum Gasteiger partial charge on any atom is -0.356 e. The van der Waals surface area contributed by atoms with Crippen LogP contribution >= 0.6 is 35.7 Å². The second-order valence-corrected chi connectivity index (χ2v) is 10.0. The Balaban J connectivity index is 0.00000392. The van der Waals surface area contributed by atoms with Crippen molar-refractivity contribution in [1.82, 2.24) is 30.3 Å². The number of thioether (sulfide) groups is 1. The summed E-state index contributed by atoms with van der Waals surface area (Å²) in [6.07, 6.45) is 2.55. The van der Waals surface area contributed by atoms with Crippen LogP contribution in [0, 0.1) is 6.92 Å². The molecule has 2 rings (SSSR count). The predicted molar refractivity (Wildman–Crippen MR) is 131 cm³/mol. The van der Waals surface area contributed by atoms with Gasteiger partial charge in [0.2, 0.25) is 0 Å². The maximum atomic E-state index is 4.76. The molecule has 1 fully saturated rings. The molecule has 2 N–H and O–H groups in total. The van der Waals surface area contributed by atoms with Crippen LogP contribution in [0.5, 0.6) is 0 Å². The van der Waals surface area contributed by atoms with E-state index in [4.69, 9.17) is 4.99 Å². The first-order chi connectivity index (χ1) is 12.8. The molecule has 28 heavy (non-hydrogen) atoms. The molecule has 1 aliphatic heterocycles. The molecule has 7 nitrogen and oxygen atoms in total. The molecule has 162 valence electrons. The highest BCUT2D eigenvalue weighted by Gasteiger charge is 2.22. The fourth-order valence-electron chi connectivity index (χ4n) is 3.20. The van der Waals surface area contributed by atoms with Crippen molar-refractivity contribution in [3.8, 4) is 0 Å². The lowest BCUT2D eigenvalue weighted by molar-refractivity contribution is 0.267. The number of hydrogen-bond donors (Lipinski definition) is 2. The lowest BCUT2D eigenvalue weighted by Crippen LogP contribution is -2.45. The first kappa shape index (κ1) is 25.5. The number of rotatable bonds is 8. The zero-order valence-corrected chi connectivity index (χ0v) is 21.4. The Morgan fingerprint density at radius 3 is 2.64 bits per heavy atom. The Bertz CT molecular complexity index is 612. The number of halogens is 1. The Labute approximate surface area is 191 Å². The van der Waals surface area contributed by atoms with E-state index in [1.807, 2.05) is 30.3 Å². The molecule has 1 unspecified atom stereocenters. The molecule has 0 aromatic carbocycles. The quantitative estimate of drug-likeness (QED) is 0.237. The molecule has 1 aliphatic rings. The van der Waals surface area contributed by atoms with E-state index in [1.165, 1.54) is 19.4 Å². The zero-order chi connectivity index (χ0) is 19.9. The van der Waals surface area contributed by atoms with E-state index in [1.54, 1.807) is 0 Å². The van der Waals surface area contributed by atoms with E-state index < -0.39 is 0 Å². The third-order valence-corrected chi connectivity index (χ3v) is 6.18. The van der Waals surface area contributed by atoms with Gasteiger partial charge in [0.1, 0.15) is 12.4 Å². The number of aryl methyl sites for hydroxylation is 1. The maximum Gasteiger partial charge on any atom is 0.191 e. The molecule has 1 aromatic heterocycles. The summed E-state index contributed by atoms with van der Waals surface area (Å²) >= 11 is 1.96. The summed E-state index contributed by atoms with van der Waals surface area (Å²) in [6.45, 7) is 15.6. The number of hydrogen-bond acceptors (Lipinski definition) is 5. The first-order valence-corrected chi connectivity index (χ1v) is 11.0. The molecule has 0 spiro atoms. The summed E-state index contributed by atoms with van der Waals surface area (Å²) in [5, 5.41) is 15.4. The van der Waals surface area contributed by atoms with Crippen molar-refractivity contribution in [3.05, 3.63) is 11.6 Å². The van der Waals surface area contributed by atoms with Crippen LogP contribution in [0.4, 0.5) is 0 Å². The van der Waals surface area contributed by atoms with Crippen LogP contribution in [-0.2, 0) is 13.6 Å². The largest absolute Gasteiger partial charge is 0.356 e. The normalized spacial score (nSPS) is 18.2. The average Bonchev–Trinajstić information content (AvgIpc) is 3.20. The van der Waals surface area contributed by atoms with Crippen molar-refractivity contribution < 1.29 is 0 Å². The number of aliphatic imine (C=N–C) groups is 1. The Hall–Kier alpha value is -0.550. The Morgan fingerprint density at radius 2 is 2.04 bits per heavy atom. The van der Waals surface area contributed by atoms with Crippen LogP contribution in [0.1, 0.15) is 52.2 Å².